The van der Waals surface area contributed by atoms with Gasteiger partial charge in [-0.05, 0) is 12.1 Å². The van der Waals surface area contributed by atoms with Crippen LogP contribution in [-0.2, 0) is 0 Å². The van der Waals surface area contributed by atoms with Crippen LogP contribution in [0.1, 0.15) is 10.5 Å². The second-order valence-electron chi connectivity index (χ2n) is 2.99. The largest absolute Gasteiger partial charge is 0.310 e. The molecule has 5 heteroatoms. The second-order valence-corrected chi connectivity index (χ2v) is 3.55. The summed E-state index contributed by atoms with van der Waals surface area (Å²) in [7, 11) is 1.72. The monoisotopic (exact) mass is 219 g/mol. The topological polar surface area (TPSA) is 46.1 Å². The number of carbonyl (C=O) groups excluding carboxylic acids is 1. The second kappa shape index (κ2) is 4.18. The Morgan fingerprint density at radius 2 is 2.07 bits per heavy atom. The molecular weight excluding hydrogens is 210 g/mol. The Kier molecular flexibility index (Phi) is 2.73. The molecular formula is C10H9N3OS. The number of nitrogens with zero attached hydrogens (tertiary/aromatic N) is 3. The fourth-order valence-corrected chi connectivity index (χ4v) is 1.61. The fraction of sp³-hybridized carbons (Fsp3) is 0.100. The summed E-state index contributed by atoms with van der Waals surface area (Å²) in [5, 5.41) is 0. The summed E-state index contributed by atoms with van der Waals surface area (Å²) >= 11 is 1.03. The molecule has 15 heavy (non-hydrogen) atoms. The number of rotatable bonds is 2. The molecule has 0 atom stereocenters. The molecule has 0 fully saturated rings. The van der Waals surface area contributed by atoms with Gasteiger partial charge in [0.25, 0.3) is 5.91 Å². The molecule has 0 saturated heterocycles. The van der Waals surface area contributed by atoms with Crippen LogP contribution in [0.3, 0.4) is 0 Å². The van der Waals surface area contributed by atoms with Crippen molar-refractivity contribution in [3.05, 3.63) is 42.2 Å². The van der Waals surface area contributed by atoms with E-state index < -0.39 is 0 Å². The SMILES string of the molecule is CN(C(=O)c1cnsn1)c1ccccc1. The van der Waals surface area contributed by atoms with E-state index in [4.69, 9.17) is 0 Å². The van der Waals surface area contributed by atoms with Gasteiger partial charge in [-0.3, -0.25) is 4.79 Å². The minimum atomic E-state index is -0.144. The third kappa shape index (κ3) is 2.02. The molecule has 0 radical (unpaired) electrons. The van der Waals surface area contributed by atoms with Gasteiger partial charge in [0.15, 0.2) is 5.69 Å². The van der Waals surface area contributed by atoms with E-state index in [1.165, 1.54) is 6.20 Å². The molecule has 2 rings (SSSR count). The molecule has 0 bridgehead atoms. The number of hydrogen-bond donors (Lipinski definition) is 0. The molecule has 1 aromatic carbocycles. The number of amides is 1. The molecule has 1 aromatic heterocycles. The van der Waals surface area contributed by atoms with Gasteiger partial charge in [-0.1, -0.05) is 18.2 Å². The molecule has 0 unspecified atom stereocenters. The summed E-state index contributed by atoms with van der Waals surface area (Å²) in [5.74, 6) is -0.144. The van der Waals surface area contributed by atoms with E-state index in [1.54, 1.807) is 11.9 Å². The standard InChI is InChI=1S/C10H9N3OS/c1-13(8-5-3-2-4-6-8)10(14)9-7-11-15-12-9/h2-7H,1H3. The number of aromatic nitrogens is 2. The van der Waals surface area contributed by atoms with Crippen LogP contribution >= 0.6 is 11.7 Å². The van der Waals surface area contributed by atoms with Crippen LogP contribution < -0.4 is 4.90 Å². The molecule has 1 heterocycles. The van der Waals surface area contributed by atoms with Crippen LogP contribution in [0.25, 0.3) is 0 Å². The average molecular weight is 219 g/mol. The molecule has 0 spiro atoms. The van der Waals surface area contributed by atoms with Crippen molar-refractivity contribution in [3.8, 4) is 0 Å². The lowest BCUT2D eigenvalue weighted by Crippen LogP contribution is -2.26. The molecule has 2 aromatic rings. The van der Waals surface area contributed by atoms with E-state index >= 15 is 0 Å². The summed E-state index contributed by atoms with van der Waals surface area (Å²) in [6, 6.07) is 9.43. The van der Waals surface area contributed by atoms with Crippen molar-refractivity contribution in [2.24, 2.45) is 0 Å². The highest BCUT2D eigenvalue weighted by atomic mass is 32.1. The summed E-state index contributed by atoms with van der Waals surface area (Å²) in [6.45, 7) is 0. The van der Waals surface area contributed by atoms with E-state index in [0.29, 0.717) is 5.69 Å². The number of anilines is 1. The lowest BCUT2D eigenvalue weighted by Gasteiger charge is -2.15. The van der Waals surface area contributed by atoms with Crippen LogP contribution in [0.15, 0.2) is 36.5 Å². The van der Waals surface area contributed by atoms with Gasteiger partial charge in [0.05, 0.1) is 17.9 Å². The minimum absolute atomic E-state index is 0.144. The molecule has 0 aliphatic rings. The summed E-state index contributed by atoms with van der Waals surface area (Å²) in [6.07, 6.45) is 1.48. The molecule has 0 saturated carbocycles. The first-order valence-electron chi connectivity index (χ1n) is 4.39. The van der Waals surface area contributed by atoms with Crippen molar-refractivity contribution in [3.63, 3.8) is 0 Å². The van der Waals surface area contributed by atoms with E-state index in [0.717, 1.165) is 17.4 Å². The van der Waals surface area contributed by atoms with Gasteiger partial charge < -0.3 is 4.90 Å². The van der Waals surface area contributed by atoms with Gasteiger partial charge in [0, 0.05) is 12.7 Å². The molecule has 0 N–H and O–H groups in total. The van der Waals surface area contributed by atoms with Crippen LogP contribution in [0.2, 0.25) is 0 Å². The number of carbonyl (C=O) groups is 1. The van der Waals surface area contributed by atoms with Gasteiger partial charge >= 0.3 is 0 Å². The Bertz CT molecular complexity index is 441. The Morgan fingerprint density at radius 3 is 2.67 bits per heavy atom. The smallest absolute Gasteiger partial charge is 0.279 e. The Balaban J connectivity index is 2.23. The molecule has 0 aliphatic heterocycles. The Labute approximate surface area is 91.5 Å². The highest BCUT2D eigenvalue weighted by Gasteiger charge is 2.15. The first-order valence-corrected chi connectivity index (χ1v) is 5.13. The summed E-state index contributed by atoms with van der Waals surface area (Å²) < 4.78 is 7.70. The minimum Gasteiger partial charge on any atom is -0.310 e. The molecule has 1 amide bonds. The van der Waals surface area contributed by atoms with Crippen molar-refractivity contribution < 1.29 is 4.79 Å². The van der Waals surface area contributed by atoms with E-state index in [1.807, 2.05) is 30.3 Å². The highest BCUT2D eigenvalue weighted by molar-refractivity contribution is 6.99. The number of para-hydroxylation sites is 1. The van der Waals surface area contributed by atoms with E-state index in [-0.39, 0.29) is 5.91 Å². The molecule has 76 valence electrons. The maximum Gasteiger partial charge on any atom is 0.279 e. The first-order chi connectivity index (χ1) is 7.29. The van der Waals surface area contributed by atoms with Crippen molar-refractivity contribution in [2.45, 2.75) is 0 Å². The quantitative estimate of drug-likeness (QED) is 0.774. The number of hydrogen-bond acceptors (Lipinski definition) is 4. The molecule has 0 aliphatic carbocycles. The van der Waals surface area contributed by atoms with Crippen LogP contribution in [0.5, 0.6) is 0 Å². The van der Waals surface area contributed by atoms with Gasteiger partial charge in [0.2, 0.25) is 0 Å². The molecule has 4 nitrogen and oxygen atoms in total. The average Bonchev–Trinajstić information content (AvgIpc) is 2.82. The van der Waals surface area contributed by atoms with E-state index in [2.05, 4.69) is 8.75 Å². The van der Waals surface area contributed by atoms with Gasteiger partial charge in [-0.2, -0.15) is 8.75 Å². The zero-order chi connectivity index (χ0) is 10.7. The predicted molar refractivity (Wildman–Crippen MR) is 59.1 cm³/mol. The number of benzene rings is 1. The van der Waals surface area contributed by atoms with Crippen molar-refractivity contribution in [1.82, 2.24) is 8.75 Å². The van der Waals surface area contributed by atoms with Crippen molar-refractivity contribution in [1.29, 1.82) is 0 Å². The normalized spacial score (nSPS) is 9.93. The zero-order valence-electron chi connectivity index (χ0n) is 8.12. The van der Waals surface area contributed by atoms with Crippen LogP contribution in [0, 0.1) is 0 Å². The first kappa shape index (κ1) is 9.79. The summed E-state index contributed by atoms with van der Waals surface area (Å²) in [5.41, 5.74) is 1.22. The highest BCUT2D eigenvalue weighted by Crippen LogP contribution is 2.13. The summed E-state index contributed by atoms with van der Waals surface area (Å²) in [4.78, 5) is 13.4. The lowest BCUT2D eigenvalue weighted by molar-refractivity contribution is 0.0989. The third-order valence-corrected chi connectivity index (χ3v) is 2.51. The maximum absolute atomic E-state index is 11.8. The third-order valence-electron chi connectivity index (χ3n) is 2.03. The van der Waals surface area contributed by atoms with Crippen molar-refractivity contribution in [2.75, 3.05) is 11.9 Å². The lowest BCUT2D eigenvalue weighted by atomic mass is 10.3. The van der Waals surface area contributed by atoms with Gasteiger partial charge in [-0.15, -0.1) is 0 Å². The van der Waals surface area contributed by atoms with Gasteiger partial charge in [-0.25, -0.2) is 0 Å². The Morgan fingerprint density at radius 1 is 1.33 bits per heavy atom. The van der Waals surface area contributed by atoms with E-state index in [9.17, 15) is 4.79 Å². The van der Waals surface area contributed by atoms with Crippen molar-refractivity contribution >= 4 is 23.3 Å². The zero-order valence-corrected chi connectivity index (χ0v) is 8.94. The van der Waals surface area contributed by atoms with Gasteiger partial charge in [0.1, 0.15) is 0 Å². The maximum atomic E-state index is 11.8. The van der Waals surface area contributed by atoms with Crippen LogP contribution in [0.4, 0.5) is 5.69 Å². The predicted octanol–water partition coefficient (Wildman–Crippen LogP) is 1.81. The fourth-order valence-electron chi connectivity index (χ4n) is 1.20. The Hall–Kier alpha value is -1.75. The van der Waals surface area contributed by atoms with Crippen LogP contribution in [-0.4, -0.2) is 21.7 Å².